The Kier molecular flexibility index (Phi) is 2.82. The molecule has 1 amide bonds. The first kappa shape index (κ1) is 11.7. The maximum Gasteiger partial charge on any atom is 0.251 e. The van der Waals surface area contributed by atoms with Gasteiger partial charge in [-0.3, -0.25) is 4.79 Å². The third-order valence-electron chi connectivity index (χ3n) is 3.29. The number of nitrogens with zero attached hydrogens (tertiary/aromatic N) is 2. The fraction of sp³-hybridized carbons (Fsp3) is 0.429. The summed E-state index contributed by atoms with van der Waals surface area (Å²) in [5, 5.41) is 0. The Morgan fingerprint density at radius 2 is 2.28 bits per heavy atom. The molecule has 0 atom stereocenters. The Labute approximate surface area is 110 Å². The van der Waals surface area contributed by atoms with Crippen LogP contribution in [0.25, 0.3) is 10.2 Å². The number of carbonyl (C=O) groups is 1. The molecule has 0 unspecified atom stereocenters. The zero-order chi connectivity index (χ0) is 12.7. The molecule has 1 aromatic carbocycles. The molecule has 1 heterocycles. The Morgan fingerprint density at radius 1 is 1.50 bits per heavy atom. The van der Waals surface area contributed by atoms with Gasteiger partial charge in [-0.2, -0.15) is 4.99 Å². The number of amides is 1. The molecule has 0 bridgehead atoms. The van der Waals surface area contributed by atoms with Gasteiger partial charge in [-0.05, 0) is 44.4 Å². The maximum absolute atomic E-state index is 11.8. The molecule has 0 radical (unpaired) electrons. The van der Waals surface area contributed by atoms with Crippen molar-refractivity contribution in [3.63, 3.8) is 0 Å². The van der Waals surface area contributed by atoms with Gasteiger partial charge in [-0.25, -0.2) is 0 Å². The van der Waals surface area contributed by atoms with E-state index in [4.69, 9.17) is 0 Å². The van der Waals surface area contributed by atoms with Gasteiger partial charge >= 0.3 is 0 Å². The number of benzene rings is 1. The lowest BCUT2D eigenvalue weighted by Crippen LogP contribution is -2.16. The molecule has 0 aliphatic heterocycles. The number of hydrogen-bond donors (Lipinski definition) is 0. The number of hydrogen-bond acceptors (Lipinski definition) is 2. The summed E-state index contributed by atoms with van der Waals surface area (Å²) in [7, 11) is 0. The first-order chi connectivity index (χ1) is 8.69. The Hall–Kier alpha value is -1.42. The van der Waals surface area contributed by atoms with E-state index in [0.29, 0.717) is 0 Å². The second-order valence-corrected chi connectivity index (χ2v) is 5.83. The Bertz CT molecular complexity index is 677. The quantitative estimate of drug-likeness (QED) is 0.817. The Morgan fingerprint density at radius 3 is 2.94 bits per heavy atom. The van der Waals surface area contributed by atoms with Crippen molar-refractivity contribution < 1.29 is 4.79 Å². The molecule has 94 valence electrons. The molecule has 0 N–H and O–H groups in total. The first-order valence-corrected chi connectivity index (χ1v) is 7.19. The molecule has 3 rings (SSSR count). The van der Waals surface area contributed by atoms with Gasteiger partial charge in [0.25, 0.3) is 5.91 Å². The van der Waals surface area contributed by atoms with Crippen molar-refractivity contribution in [1.82, 2.24) is 4.57 Å². The van der Waals surface area contributed by atoms with E-state index in [1.165, 1.54) is 15.8 Å². The molecule has 0 spiro atoms. The summed E-state index contributed by atoms with van der Waals surface area (Å²) in [6.45, 7) is 5.02. The van der Waals surface area contributed by atoms with E-state index in [0.717, 1.165) is 24.2 Å². The fourth-order valence-electron chi connectivity index (χ4n) is 2.09. The molecular weight excluding hydrogens is 244 g/mol. The molecule has 3 nitrogen and oxygen atoms in total. The van der Waals surface area contributed by atoms with Crippen molar-refractivity contribution in [3.8, 4) is 0 Å². The average Bonchev–Trinajstić information content (AvgIpc) is 3.12. The molecule has 1 aromatic heterocycles. The van der Waals surface area contributed by atoms with E-state index >= 15 is 0 Å². The van der Waals surface area contributed by atoms with Crippen LogP contribution in [0, 0.1) is 12.8 Å². The zero-order valence-corrected chi connectivity index (χ0v) is 11.5. The highest BCUT2D eigenvalue weighted by Crippen LogP contribution is 2.30. The lowest BCUT2D eigenvalue weighted by molar-refractivity contribution is -0.119. The molecular formula is C14H16N2OS. The largest absolute Gasteiger partial charge is 0.317 e. The molecule has 0 saturated heterocycles. The van der Waals surface area contributed by atoms with Crippen LogP contribution < -0.4 is 4.80 Å². The summed E-state index contributed by atoms with van der Waals surface area (Å²) in [6.07, 6.45) is 2.02. The number of aryl methyl sites for hydroxylation is 2. The number of aromatic nitrogens is 1. The van der Waals surface area contributed by atoms with Crippen molar-refractivity contribution in [2.45, 2.75) is 33.2 Å². The highest BCUT2D eigenvalue weighted by molar-refractivity contribution is 7.16. The summed E-state index contributed by atoms with van der Waals surface area (Å²) >= 11 is 1.61. The van der Waals surface area contributed by atoms with Crippen LogP contribution >= 0.6 is 11.3 Å². The van der Waals surface area contributed by atoms with Crippen molar-refractivity contribution >= 4 is 27.5 Å². The summed E-state index contributed by atoms with van der Waals surface area (Å²) in [4.78, 5) is 17.0. The first-order valence-electron chi connectivity index (χ1n) is 6.37. The van der Waals surface area contributed by atoms with Gasteiger partial charge in [0.2, 0.25) is 0 Å². The van der Waals surface area contributed by atoms with Gasteiger partial charge in [0.1, 0.15) is 0 Å². The molecule has 1 fully saturated rings. The van der Waals surface area contributed by atoms with Crippen molar-refractivity contribution in [2.24, 2.45) is 10.9 Å². The van der Waals surface area contributed by atoms with Gasteiger partial charge in [-0.1, -0.05) is 17.4 Å². The summed E-state index contributed by atoms with van der Waals surface area (Å²) in [6, 6.07) is 6.38. The highest BCUT2D eigenvalue weighted by atomic mass is 32.1. The number of fused-ring (bicyclic) bond motifs is 1. The van der Waals surface area contributed by atoms with E-state index in [-0.39, 0.29) is 11.8 Å². The minimum Gasteiger partial charge on any atom is -0.317 e. The fourth-order valence-corrected chi connectivity index (χ4v) is 3.28. The molecule has 1 aliphatic carbocycles. The SMILES string of the molecule is CCn1c(=NC(=O)C2CC2)sc2cc(C)ccc21. The summed E-state index contributed by atoms with van der Waals surface area (Å²) < 4.78 is 3.33. The molecule has 2 aromatic rings. The smallest absolute Gasteiger partial charge is 0.251 e. The van der Waals surface area contributed by atoms with Crippen LogP contribution in [-0.2, 0) is 11.3 Å². The molecule has 18 heavy (non-hydrogen) atoms. The normalized spacial score (nSPS) is 16.4. The van der Waals surface area contributed by atoms with E-state index in [1.54, 1.807) is 11.3 Å². The third kappa shape index (κ3) is 2.01. The Balaban J connectivity index is 2.18. The standard InChI is InChI=1S/C14H16N2OS/c1-3-16-11-7-4-9(2)8-12(11)18-14(16)15-13(17)10-5-6-10/h4,7-8,10H,3,5-6H2,1-2H3. The maximum atomic E-state index is 11.8. The van der Waals surface area contributed by atoms with Crippen LogP contribution in [0.3, 0.4) is 0 Å². The minimum atomic E-state index is 0.0560. The van der Waals surface area contributed by atoms with Gasteiger partial charge in [0.15, 0.2) is 4.80 Å². The number of thiazole rings is 1. The predicted octanol–water partition coefficient (Wildman–Crippen LogP) is 2.87. The summed E-state index contributed by atoms with van der Waals surface area (Å²) in [5.41, 5.74) is 2.42. The van der Waals surface area contributed by atoms with Crippen LogP contribution in [0.1, 0.15) is 25.3 Å². The topological polar surface area (TPSA) is 34.4 Å². The molecule has 4 heteroatoms. The average molecular weight is 260 g/mol. The second kappa shape index (κ2) is 4.35. The van der Waals surface area contributed by atoms with Crippen LogP contribution in [0.15, 0.2) is 23.2 Å². The van der Waals surface area contributed by atoms with Crippen molar-refractivity contribution in [1.29, 1.82) is 0 Å². The van der Waals surface area contributed by atoms with E-state index in [9.17, 15) is 4.79 Å². The van der Waals surface area contributed by atoms with Crippen molar-refractivity contribution in [2.75, 3.05) is 0 Å². The molecule has 1 aliphatic rings. The van der Waals surface area contributed by atoms with Crippen LogP contribution in [-0.4, -0.2) is 10.5 Å². The van der Waals surface area contributed by atoms with Crippen molar-refractivity contribution in [3.05, 3.63) is 28.6 Å². The summed E-state index contributed by atoms with van der Waals surface area (Å²) in [5.74, 6) is 0.253. The van der Waals surface area contributed by atoms with Crippen LogP contribution in [0.4, 0.5) is 0 Å². The minimum absolute atomic E-state index is 0.0560. The lowest BCUT2D eigenvalue weighted by Gasteiger charge is -2.00. The van der Waals surface area contributed by atoms with E-state index in [2.05, 4.69) is 41.6 Å². The monoisotopic (exact) mass is 260 g/mol. The second-order valence-electron chi connectivity index (χ2n) is 4.82. The van der Waals surface area contributed by atoms with Crippen LogP contribution in [0.5, 0.6) is 0 Å². The molecule has 1 saturated carbocycles. The third-order valence-corrected chi connectivity index (χ3v) is 4.33. The van der Waals surface area contributed by atoms with Gasteiger partial charge < -0.3 is 4.57 Å². The van der Waals surface area contributed by atoms with E-state index < -0.39 is 0 Å². The van der Waals surface area contributed by atoms with Gasteiger partial charge in [-0.15, -0.1) is 0 Å². The lowest BCUT2D eigenvalue weighted by atomic mass is 10.2. The number of rotatable bonds is 2. The zero-order valence-electron chi connectivity index (χ0n) is 10.6. The van der Waals surface area contributed by atoms with Gasteiger partial charge in [0.05, 0.1) is 10.2 Å². The number of carbonyl (C=O) groups excluding carboxylic acids is 1. The van der Waals surface area contributed by atoms with E-state index in [1.807, 2.05) is 0 Å². The predicted molar refractivity (Wildman–Crippen MR) is 73.5 cm³/mol. The highest BCUT2D eigenvalue weighted by Gasteiger charge is 2.29. The van der Waals surface area contributed by atoms with Crippen LogP contribution in [0.2, 0.25) is 0 Å². The van der Waals surface area contributed by atoms with Gasteiger partial charge in [0, 0.05) is 12.5 Å².